The van der Waals surface area contributed by atoms with Crippen LogP contribution in [-0.2, 0) is 25.7 Å². The number of amides is 1. The first-order valence-electron chi connectivity index (χ1n) is 10.3. The summed E-state index contributed by atoms with van der Waals surface area (Å²) in [6.45, 7) is 2.12. The van der Waals surface area contributed by atoms with Gasteiger partial charge in [0.05, 0.1) is 22.6 Å². The number of ether oxygens (including phenoxy) is 1. The number of nitrogens with one attached hydrogen (secondary N) is 1. The third-order valence-electron chi connectivity index (χ3n) is 5.31. The Labute approximate surface area is 189 Å². The number of alkyl halides is 3. The summed E-state index contributed by atoms with van der Waals surface area (Å²) in [4.78, 5) is 24.2. The summed E-state index contributed by atoms with van der Waals surface area (Å²) in [6.07, 6.45) is -3.92. The van der Waals surface area contributed by atoms with Gasteiger partial charge in [-0.3, -0.25) is 4.79 Å². The van der Waals surface area contributed by atoms with E-state index in [1.54, 1.807) is 6.92 Å². The van der Waals surface area contributed by atoms with Gasteiger partial charge < -0.3 is 10.1 Å². The molecule has 0 unspecified atom stereocenters. The van der Waals surface area contributed by atoms with Crippen LogP contribution in [0.15, 0.2) is 53.4 Å². The molecule has 3 rings (SSSR count). The van der Waals surface area contributed by atoms with Crippen molar-refractivity contribution in [2.45, 2.75) is 30.8 Å². The maximum absolute atomic E-state index is 12.9. The van der Waals surface area contributed by atoms with Crippen molar-refractivity contribution in [3.63, 3.8) is 0 Å². The Morgan fingerprint density at radius 1 is 1.03 bits per heavy atom. The number of carbonyl (C=O) groups is 2. The van der Waals surface area contributed by atoms with Crippen molar-refractivity contribution < 1.29 is 35.9 Å². The molecule has 1 aliphatic rings. The second kappa shape index (κ2) is 9.92. The predicted octanol–water partition coefficient (Wildman–Crippen LogP) is 3.92. The molecule has 1 fully saturated rings. The Balaban J connectivity index is 1.58. The molecule has 0 radical (unpaired) electrons. The molecule has 0 spiro atoms. The van der Waals surface area contributed by atoms with Gasteiger partial charge in [-0.25, -0.2) is 13.2 Å². The minimum absolute atomic E-state index is 0.0307. The fourth-order valence-corrected chi connectivity index (χ4v) is 4.94. The molecule has 0 aliphatic carbocycles. The van der Waals surface area contributed by atoms with Crippen molar-refractivity contribution in [2.24, 2.45) is 5.92 Å². The lowest BCUT2D eigenvalue weighted by atomic mass is 9.97. The van der Waals surface area contributed by atoms with E-state index < -0.39 is 33.7 Å². The van der Waals surface area contributed by atoms with Crippen LogP contribution in [0.3, 0.4) is 0 Å². The van der Waals surface area contributed by atoms with Gasteiger partial charge in [0, 0.05) is 24.7 Å². The van der Waals surface area contributed by atoms with Crippen LogP contribution in [0, 0.1) is 5.92 Å². The fraction of sp³-hybridized carbons (Fsp3) is 0.364. The van der Waals surface area contributed by atoms with E-state index >= 15 is 0 Å². The summed E-state index contributed by atoms with van der Waals surface area (Å²) < 4.78 is 69.9. The first kappa shape index (κ1) is 24.7. The molecule has 1 saturated heterocycles. The number of halogens is 3. The van der Waals surface area contributed by atoms with Crippen LogP contribution in [0.4, 0.5) is 18.9 Å². The topological polar surface area (TPSA) is 92.8 Å². The molecule has 2 aromatic rings. The van der Waals surface area contributed by atoms with Gasteiger partial charge in [-0.1, -0.05) is 0 Å². The van der Waals surface area contributed by atoms with E-state index in [4.69, 9.17) is 4.74 Å². The largest absolute Gasteiger partial charge is 0.462 e. The molecular weight excluding hydrogens is 461 g/mol. The SMILES string of the molecule is CCOC(=O)c1ccc(S(=O)(=O)N2CCC(C(=O)Nc3ccc(C(F)(F)F)cc3)CC2)cc1. The molecule has 0 atom stereocenters. The smallest absolute Gasteiger partial charge is 0.416 e. The van der Waals surface area contributed by atoms with Crippen molar-refractivity contribution in [1.29, 1.82) is 0 Å². The van der Waals surface area contributed by atoms with E-state index in [-0.39, 0.29) is 54.6 Å². The summed E-state index contributed by atoms with van der Waals surface area (Å²) in [7, 11) is -3.80. The predicted molar refractivity (Wildman–Crippen MR) is 114 cm³/mol. The molecule has 0 saturated carbocycles. The van der Waals surface area contributed by atoms with Crippen LogP contribution in [-0.4, -0.2) is 44.3 Å². The lowest BCUT2D eigenvalue weighted by Crippen LogP contribution is -2.41. The first-order valence-corrected chi connectivity index (χ1v) is 11.7. The zero-order valence-corrected chi connectivity index (χ0v) is 18.6. The van der Waals surface area contributed by atoms with Crippen molar-refractivity contribution >= 4 is 27.6 Å². The Hall–Kier alpha value is -2.92. The molecule has 1 amide bonds. The molecule has 0 aromatic heterocycles. The van der Waals surface area contributed by atoms with Crippen LogP contribution < -0.4 is 5.32 Å². The molecule has 1 aliphatic heterocycles. The fourth-order valence-electron chi connectivity index (χ4n) is 3.47. The maximum Gasteiger partial charge on any atom is 0.416 e. The summed E-state index contributed by atoms with van der Waals surface area (Å²) >= 11 is 0. The lowest BCUT2D eigenvalue weighted by Gasteiger charge is -2.30. The van der Waals surface area contributed by atoms with Gasteiger partial charge in [-0.05, 0) is 68.3 Å². The number of esters is 1. The molecule has 1 N–H and O–H groups in total. The number of carbonyl (C=O) groups excluding carboxylic acids is 2. The first-order chi connectivity index (χ1) is 15.5. The normalized spacial score (nSPS) is 15.8. The molecule has 33 heavy (non-hydrogen) atoms. The molecule has 7 nitrogen and oxygen atoms in total. The second-order valence-corrected chi connectivity index (χ2v) is 9.43. The molecular formula is C22H23F3N2O5S. The molecule has 0 bridgehead atoms. The molecule has 1 heterocycles. The number of sulfonamides is 1. The van der Waals surface area contributed by atoms with Crippen molar-refractivity contribution in [3.8, 4) is 0 Å². The third kappa shape index (κ3) is 5.91. The van der Waals surface area contributed by atoms with Gasteiger partial charge in [0.1, 0.15) is 0 Å². The Kier molecular flexibility index (Phi) is 7.43. The summed E-state index contributed by atoms with van der Waals surface area (Å²) in [5, 5.41) is 2.58. The zero-order chi connectivity index (χ0) is 24.2. The van der Waals surface area contributed by atoms with E-state index in [0.717, 1.165) is 12.1 Å². The van der Waals surface area contributed by atoms with E-state index in [2.05, 4.69) is 5.32 Å². The van der Waals surface area contributed by atoms with Gasteiger partial charge in [-0.15, -0.1) is 0 Å². The number of nitrogens with zero attached hydrogens (tertiary/aromatic N) is 1. The Bertz CT molecular complexity index is 1090. The van der Waals surface area contributed by atoms with Crippen molar-refractivity contribution in [1.82, 2.24) is 4.31 Å². The second-order valence-electron chi connectivity index (χ2n) is 7.49. The minimum atomic E-state index is -4.46. The highest BCUT2D eigenvalue weighted by Crippen LogP contribution is 2.30. The van der Waals surface area contributed by atoms with Crippen LogP contribution in [0.25, 0.3) is 0 Å². The zero-order valence-electron chi connectivity index (χ0n) is 17.8. The quantitative estimate of drug-likeness (QED) is 0.628. The average Bonchev–Trinajstić information content (AvgIpc) is 2.79. The molecule has 178 valence electrons. The maximum atomic E-state index is 12.9. The highest BCUT2D eigenvalue weighted by Gasteiger charge is 2.33. The Morgan fingerprint density at radius 3 is 2.12 bits per heavy atom. The van der Waals surface area contributed by atoms with Crippen LogP contribution >= 0.6 is 0 Å². The number of anilines is 1. The average molecular weight is 484 g/mol. The van der Waals surface area contributed by atoms with Crippen molar-refractivity contribution in [2.75, 3.05) is 25.0 Å². The lowest BCUT2D eigenvalue weighted by molar-refractivity contribution is -0.137. The van der Waals surface area contributed by atoms with Gasteiger partial charge >= 0.3 is 12.1 Å². The standard InChI is InChI=1S/C22H23F3N2O5S/c1-2-32-21(29)16-3-9-19(10-4-16)33(30,31)27-13-11-15(12-14-27)20(28)26-18-7-5-17(6-8-18)22(23,24)25/h3-10,15H,2,11-14H2,1H3,(H,26,28). The highest BCUT2D eigenvalue weighted by atomic mass is 32.2. The van der Waals surface area contributed by atoms with Gasteiger partial charge in [0.2, 0.25) is 15.9 Å². The van der Waals surface area contributed by atoms with Gasteiger partial charge in [-0.2, -0.15) is 17.5 Å². The van der Waals surface area contributed by atoms with E-state index in [1.165, 1.54) is 40.7 Å². The minimum Gasteiger partial charge on any atom is -0.462 e. The number of hydrogen-bond donors (Lipinski definition) is 1. The molecule has 11 heteroatoms. The monoisotopic (exact) mass is 484 g/mol. The summed E-state index contributed by atoms with van der Waals surface area (Å²) in [5.74, 6) is -1.38. The number of rotatable bonds is 6. The van der Waals surface area contributed by atoms with Gasteiger partial charge in [0.25, 0.3) is 0 Å². The van der Waals surface area contributed by atoms with Crippen LogP contribution in [0.5, 0.6) is 0 Å². The number of benzene rings is 2. The van der Waals surface area contributed by atoms with E-state index in [9.17, 15) is 31.2 Å². The van der Waals surface area contributed by atoms with Crippen molar-refractivity contribution in [3.05, 3.63) is 59.7 Å². The van der Waals surface area contributed by atoms with Crippen LogP contribution in [0.2, 0.25) is 0 Å². The summed E-state index contributed by atoms with van der Waals surface area (Å²) in [6, 6.07) is 9.58. The third-order valence-corrected chi connectivity index (χ3v) is 7.22. The Morgan fingerprint density at radius 2 is 1.61 bits per heavy atom. The highest BCUT2D eigenvalue weighted by molar-refractivity contribution is 7.89. The number of hydrogen-bond acceptors (Lipinski definition) is 5. The number of piperidine rings is 1. The molecule has 2 aromatic carbocycles. The van der Waals surface area contributed by atoms with E-state index in [0.29, 0.717) is 0 Å². The van der Waals surface area contributed by atoms with Gasteiger partial charge in [0.15, 0.2) is 0 Å². The van der Waals surface area contributed by atoms with Crippen LogP contribution in [0.1, 0.15) is 35.7 Å². The van der Waals surface area contributed by atoms with E-state index in [1.807, 2.05) is 0 Å². The summed E-state index contributed by atoms with van der Waals surface area (Å²) in [5.41, 5.74) is -0.325.